The average Bonchev–Trinajstić information content (AvgIpc) is 2.85. The van der Waals surface area contributed by atoms with Gasteiger partial charge in [0.05, 0.1) is 31.1 Å². The number of carboxylic acids is 1. The van der Waals surface area contributed by atoms with E-state index in [4.69, 9.17) is 27.9 Å². The number of rotatable bonds is 8. The Morgan fingerprint density at radius 2 is 1.89 bits per heavy atom. The molecule has 0 unspecified atom stereocenters. The van der Waals surface area contributed by atoms with Crippen molar-refractivity contribution < 1.29 is 19.4 Å². The van der Waals surface area contributed by atoms with Crippen LogP contribution < -0.4 is 0 Å². The molecule has 0 aliphatic carbocycles. The summed E-state index contributed by atoms with van der Waals surface area (Å²) in [6, 6.07) is 15.2. The highest BCUT2D eigenvalue weighted by Crippen LogP contribution is 2.52. The first-order valence-corrected chi connectivity index (χ1v) is 13.8. The van der Waals surface area contributed by atoms with Crippen molar-refractivity contribution in [3.8, 4) is 0 Å². The lowest BCUT2D eigenvalue weighted by Crippen LogP contribution is -2.59. The average molecular weight is 548 g/mol. The SMILES string of the molecule is CC[C@@H](CN1CCOC[C@H]1C)N1C(=O)[C@](C)(CC(=O)O)C[C@H](c2cccc(Cl)c2)[C@H]1c1ccc(Cl)cc1. The fourth-order valence-corrected chi connectivity index (χ4v) is 6.32. The van der Waals surface area contributed by atoms with Crippen molar-refractivity contribution in [2.45, 2.75) is 64.1 Å². The van der Waals surface area contributed by atoms with Gasteiger partial charge in [-0.25, -0.2) is 0 Å². The van der Waals surface area contributed by atoms with Gasteiger partial charge >= 0.3 is 5.97 Å². The number of amides is 1. The third kappa shape index (κ3) is 6.14. The molecule has 0 bridgehead atoms. The number of likely N-dealkylation sites (tertiary alicyclic amines) is 1. The quantitative estimate of drug-likeness (QED) is 0.437. The van der Waals surface area contributed by atoms with Crippen LogP contribution in [-0.4, -0.2) is 65.2 Å². The monoisotopic (exact) mass is 546 g/mol. The van der Waals surface area contributed by atoms with E-state index in [9.17, 15) is 14.7 Å². The summed E-state index contributed by atoms with van der Waals surface area (Å²) < 4.78 is 5.65. The molecule has 2 heterocycles. The summed E-state index contributed by atoms with van der Waals surface area (Å²) in [5.41, 5.74) is 0.927. The minimum atomic E-state index is -1.05. The summed E-state index contributed by atoms with van der Waals surface area (Å²) in [7, 11) is 0. The minimum absolute atomic E-state index is 0.108. The molecule has 0 radical (unpaired) electrons. The largest absolute Gasteiger partial charge is 0.481 e. The second-order valence-corrected chi connectivity index (χ2v) is 11.6. The maximum atomic E-state index is 14.4. The first-order valence-electron chi connectivity index (χ1n) is 13.0. The molecule has 2 aromatic rings. The lowest BCUT2D eigenvalue weighted by molar-refractivity contribution is -0.161. The summed E-state index contributed by atoms with van der Waals surface area (Å²) in [4.78, 5) is 30.7. The predicted octanol–water partition coefficient (Wildman–Crippen LogP) is 6.03. The van der Waals surface area contributed by atoms with Gasteiger partial charge in [-0.1, -0.05) is 61.3 Å². The van der Waals surface area contributed by atoms with Gasteiger partial charge in [-0.3, -0.25) is 14.5 Å². The van der Waals surface area contributed by atoms with E-state index < -0.39 is 11.4 Å². The molecule has 5 atom stereocenters. The van der Waals surface area contributed by atoms with E-state index in [0.717, 1.165) is 24.1 Å². The highest BCUT2D eigenvalue weighted by Gasteiger charge is 2.52. The fourth-order valence-electron chi connectivity index (χ4n) is 6.00. The molecule has 6 nitrogen and oxygen atoms in total. The van der Waals surface area contributed by atoms with E-state index in [1.54, 1.807) is 6.92 Å². The molecule has 1 amide bonds. The number of hydrogen-bond donors (Lipinski definition) is 1. The van der Waals surface area contributed by atoms with Crippen molar-refractivity contribution >= 4 is 35.1 Å². The van der Waals surface area contributed by atoms with E-state index in [1.807, 2.05) is 53.4 Å². The molecule has 2 aromatic carbocycles. The van der Waals surface area contributed by atoms with Crippen LogP contribution in [-0.2, 0) is 14.3 Å². The Morgan fingerprint density at radius 3 is 2.51 bits per heavy atom. The zero-order valence-electron chi connectivity index (χ0n) is 21.7. The number of benzene rings is 2. The number of carbonyl (C=O) groups is 2. The van der Waals surface area contributed by atoms with Crippen LogP contribution in [0.2, 0.25) is 10.0 Å². The number of piperidine rings is 1. The predicted molar refractivity (Wildman–Crippen MR) is 146 cm³/mol. The lowest BCUT2D eigenvalue weighted by Gasteiger charge is -2.53. The van der Waals surface area contributed by atoms with Gasteiger partial charge < -0.3 is 14.7 Å². The van der Waals surface area contributed by atoms with Crippen molar-refractivity contribution in [1.29, 1.82) is 0 Å². The summed E-state index contributed by atoms with van der Waals surface area (Å²) in [5, 5.41) is 11.1. The molecule has 2 aliphatic rings. The number of halogens is 2. The summed E-state index contributed by atoms with van der Waals surface area (Å²) in [6.45, 7) is 8.86. The zero-order valence-corrected chi connectivity index (χ0v) is 23.2. The van der Waals surface area contributed by atoms with Crippen LogP contribution in [0.4, 0.5) is 0 Å². The number of morpholine rings is 1. The Balaban J connectivity index is 1.85. The third-order valence-corrected chi connectivity index (χ3v) is 8.43. The van der Waals surface area contributed by atoms with Gasteiger partial charge in [-0.05, 0) is 55.2 Å². The van der Waals surface area contributed by atoms with Crippen LogP contribution >= 0.6 is 23.2 Å². The molecule has 200 valence electrons. The first-order chi connectivity index (χ1) is 17.6. The highest BCUT2D eigenvalue weighted by atomic mass is 35.5. The molecule has 1 N–H and O–H groups in total. The second kappa shape index (κ2) is 11.7. The van der Waals surface area contributed by atoms with Crippen molar-refractivity contribution in [1.82, 2.24) is 9.80 Å². The molecule has 37 heavy (non-hydrogen) atoms. The highest BCUT2D eigenvalue weighted by molar-refractivity contribution is 6.30. The standard InChI is InChI=1S/C29H36Cl2N2O4/c1-4-24(17-32-12-13-37-18-19(32)2)33-27(20-8-10-22(30)11-9-20)25(21-6-5-7-23(31)14-21)15-29(3,28(33)36)16-26(34)35/h5-11,14,19,24-25,27H,4,12-13,15-18H2,1-3H3,(H,34,35)/t19-,24+,25-,27-,29+/m1/s1. The number of nitrogens with zero attached hydrogens (tertiary/aromatic N) is 2. The number of carbonyl (C=O) groups excluding carboxylic acids is 1. The van der Waals surface area contributed by atoms with Crippen LogP contribution in [0.1, 0.15) is 63.1 Å². The smallest absolute Gasteiger partial charge is 0.304 e. The molecule has 2 saturated heterocycles. The van der Waals surface area contributed by atoms with Gasteiger partial charge in [0, 0.05) is 41.1 Å². The van der Waals surface area contributed by atoms with Gasteiger partial charge in [0.15, 0.2) is 0 Å². The topological polar surface area (TPSA) is 70.1 Å². The molecule has 0 saturated carbocycles. The molecule has 8 heteroatoms. The van der Waals surface area contributed by atoms with E-state index in [0.29, 0.717) is 36.2 Å². The maximum absolute atomic E-state index is 14.4. The van der Waals surface area contributed by atoms with E-state index >= 15 is 0 Å². The fraction of sp³-hybridized carbons (Fsp3) is 0.517. The van der Waals surface area contributed by atoms with Gasteiger partial charge in [-0.2, -0.15) is 0 Å². The van der Waals surface area contributed by atoms with E-state index in [-0.39, 0.29) is 36.4 Å². The lowest BCUT2D eigenvalue weighted by atomic mass is 9.67. The maximum Gasteiger partial charge on any atom is 0.304 e. The zero-order chi connectivity index (χ0) is 26.7. The number of ether oxygens (including phenoxy) is 1. The number of carboxylic acid groups (broad SMARTS) is 1. The van der Waals surface area contributed by atoms with Crippen LogP contribution in [0.3, 0.4) is 0 Å². The second-order valence-electron chi connectivity index (χ2n) is 10.7. The van der Waals surface area contributed by atoms with Crippen LogP contribution in [0, 0.1) is 5.41 Å². The summed E-state index contributed by atoms with van der Waals surface area (Å²) in [5.74, 6) is -1.22. The molecule has 4 rings (SSSR count). The van der Waals surface area contributed by atoms with Gasteiger partial charge in [0.2, 0.25) is 5.91 Å². The summed E-state index contributed by atoms with van der Waals surface area (Å²) >= 11 is 12.7. The first kappa shape index (κ1) is 27.9. The van der Waals surface area contributed by atoms with E-state index in [2.05, 4.69) is 18.7 Å². The molecular weight excluding hydrogens is 511 g/mol. The number of hydrogen-bond acceptors (Lipinski definition) is 4. The van der Waals surface area contributed by atoms with E-state index in [1.165, 1.54) is 0 Å². The van der Waals surface area contributed by atoms with Crippen molar-refractivity contribution in [3.63, 3.8) is 0 Å². The third-order valence-electron chi connectivity index (χ3n) is 7.95. The Bertz CT molecular complexity index is 1110. The molecule has 2 fully saturated rings. The Hall–Kier alpha value is -2.12. The van der Waals surface area contributed by atoms with Crippen molar-refractivity contribution in [2.24, 2.45) is 5.41 Å². The number of aliphatic carboxylic acids is 1. The normalized spacial score (nSPS) is 27.8. The van der Waals surface area contributed by atoms with Crippen LogP contribution in [0.25, 0.3) is 0 Å². The minimum Gasteiger partial charge on any atom is -0.481 e. The molecule has 0 aromatic heterocycles. The van der Waals surface area contributed by atoms with Gasteiger partial charge in [0.25, 0.3) is 0 Å². The summed E-state index contributed by atoms with van der Waals surface area (Å²) in [6.07, 6.45) is 0.926. The Labute approximate surface area is 229 Å². The van der Waals surface area contributed by atoms with Gasteiger partial charge in [-0.15, -0.1) is 0 Å². The van der Waals surface area contributed by atoms with Crippen molar-refractivity contribution in [3.05, 3.63) is 69.7 Å². The van der Waals surface area contributed by atoms with Gasteiger partial charge in [0.1, 0.15) is 0 Å². The van der Waals surface area contributed by atoms with Crippen LogP contribution in [0.15, 0.2) is 48.5 Å². The Morgan fingerprint density at radius 1 is 1.16 bits per heavy atom. The van der Waals surface area contributed by atoms with Crippen molar-refractivity contribution in [2.75, 3.05) is 26.3 Å². The Kier molecular flexibility index (Phi) is 8.85. The van der Waals surface area contributed by atoms with Crippen LogP contribution in [0.5, 0.6) is 0 Å². The molecule has 2 aliphatic heterocycles. The molecule has 0 spiro atoms. The molecular formula is C29H36Cl2N2O4.